The zero-order valence-corrected chi connectivity index (χ0v) is 14.7. The smallest absolute Gasteiger partial charge is 0.332 e. The summed E-state index contributed by atoms with van der Waals surface area (Å²) in [5.74, 6) is 0.609. The van der Waals surface area contributed by atoms with Crippen molar-refractivity contribution in [1.29, 1.82) is 0 Å². The zero-order chi connectivity index (χ0) is 17.6. The Bertz CT molecular complexity index is 1030. The van der Waals surface area contributed by atoms with Gasteiger partial charge in [0.2, 0.25) is 5.95 Å². The van der Waals surface area contributed by atoms with Crippen LogP contribution in [0.5, 0.6) is 0 Å². The van der Waals surface area contributed by atoms with Gasteiger partial charge < -0.3 is 4.90 Å². The number of fused-ring (bicyclic) bond motifs is 1. The van der Waals surface area contributed by atoms with Crippen LogP contribution in [0.2, 0.25) is 5.02 Å². The second-order valence-electron chi connectivity index (χ2n) is 5.90. The van der Waals surface area contributed by atoms with Crippen molar-refractivity contribution < 1.29 is 0 Å². The molecule has 0 saturated carbocycles. The molecule has 3 aromatic rings. The first-order valence-electron chi connectivity index (χ1n) is 7.39. The molecule has 0 saturated heterocycles. The van der Waals surface area contributed by atoms with E-state index in [1.165, 1.54) is 11.6 Å². The second-order valence-corrected chi connectivity index (χ2v) is 6.33. The summed E-state index contributed by atoms with van der Waals surface area (Å²) < 4.78 is 4.31. The lowest BCUT2D eigenvalue weighted by molar-refractivity contribution is 0.702. The van der Waals surface area contributed by atoms with Crippen LogP contribution in [0.1, 0.15) is 5.56 Å². The third-order valence-corrected chi connectivity index (χ3v) is 4.23. The normalized spacial score (nSPS) is 11.2. The van der Waals surface area contributed by atoms with Gasteiger partial charge in [0.05, 0.1) is 6.54 Å². The summed E-state index contributed by atoms with van der Waals surface area (Å²) in [7, 11) is 6.78. The topological polar surface area (TPSA) is 65.1 Å². The number of nitrogens with zero attached hydrogens (tertiary/aromatic N) is 5. The third-order valence-electron chi connectivity index (χ3n) is 3.98. The number of aryl methyl sites for hydroxylation is 1. The number of hydrogen-bond donors (Lipinski definition) is 0. The molecule has 0 amide bonds. The number of hydrogen-bond acceptors (Lipinski definition) is 4. The maximum atomic E-state index is 12.7. The molecule has 0 spiro atoms. The zero-order valence-electron chi connectivity index (χ0n) is 13.9. The molecule has 2 aromatic heterocycles. The predicted octanol–water partition coefficient (Wildman–Crippen LogP) is 1.20. The quantitative estimate of drug-likeness (QED) is 0.714. The molecular formula is C16H18ClN5O2. The fraction of sp³-hybridized carbons (Fsp3) is 0.312. The Kier molecular flexibility index (Phi) is 3.96. The van der Waals surface area contributed by atoms with E-state index in [-0.39, 0.29) is 5.56 Å². The highest BCUT2D eigenvalue weighted by molar-refractivity contribution is 6.30. The molecule has 7 nitrogen and oxygen atoms in total. The SMILES string of the molecule is CN(C)c1nc2c(c(=O)n(C)c(=O)n2C)n1Cc1ccc(Cl)cc1. The van der Waals surface area contributed by atoms with E-state index in [4.69, 9.17) is 11.6 Å². The molecule has 0 atom stereocenters. The minimum absolute atomic E-state index is 0.359. The van der Waals surface area contributed by atoms with Crippen LogP contribution in [-0.4, -0.2) is 32.8 Å². The van der Waals surface area contributed by atoms with Crippen LogP contribution in [0.25, 0.3) is 11.2 Å². The number of rotatable bonds is 3. The average molecular weight is 348 g/mol. The Hall–Kier alpha value is -2.54. The Morgan fingerprint density at radius 2 is 1.71 bits per heavy atom. The summed E-state index contributed by atoms with van der Waals surface area (Å²) in [5.41, 5.74) is 1.01. The van der Waals surface area contributed by atoms with Crippen LogP contribution in [-0.2, 0) is 20.6 Å². The van der Waals surface area contributed by atoms with E-state index in [2.05, 4.69) is 4.98 Å². The number of halogens is 1. The van der Waals surface area contributed by atoms with E-state index in [9.17, 15) is 9.59 Å². The molecule has 8 heteroatoms. The highest BCUT2D eigenvalue weighted by atomic mass is 35.5. The monoisotopic (exact) mass is 347 g/mol. The van der Waals surface area contributed by atoms with Crippen LogP contribution < -0.4 is 16.1 Å². The van der Waals surface area contributed by atoms with Gasteiger partial charge in [-0.05, 0) is 17.7 Å². The number of imidazole rings is 1. The van der Waals surface area contributed by atoms with E-state index >= 15 is 0 Å². The van der Waals surface area contributed by atoms with E-state index in [1.54, 1.807) is 19.2 Å². The summed E-state index contributed by atoms with van der Waals surface area (Å²) in [6, 6.07) is 7.42. The lowest BCUT2D eigenvalue weighted by atomic mass is 10.2. The first kappa shape index (κ1) is 16.3. The first-order chi connectivity index (χ1) is 11.3. The molecule has 0 aliphatic carbocycles. The summed E-state index contributed by atoms with van der Waals surface area (Å²) in [5, 5.41) is 0.653. The van der Waals surface area contributed by atoms with Crippen molar-refractivity contribution >= 4 is 28.7 Å². The summed E-state index contributed by atoms with van der Waals surface area (Å²) in [4.78, 5) is 31.1. The summed E-state index contributed by atoms with van der Waals surface area (Å²) in [6.07, 6.45) is 0. The van der Waals surface area contributed by atoms with E-state index in [0.717, 1.165) is 10.1 Å². The summed E-state index contributed by atoms with van der Waals surface area (Å²) >= 11 is 5.94. The van der Waals surface area contributed by atoms with Crippen molar-refractivity contribution in [2.24, 2.45) is 14.1 Å². The van der Waals surface area contributed by atoms with Gasteiger partial charge in [0.1, 0.15) is 0 Å². The van der Waals surface area contributed by atoms with Crippen LogP contribution in [0.3, 0.4) is 0 Å². The van der Waals surface area contributed by atoms with Gasteiger partial charge in [-0.1, -0.05) is 23.7 Å². The largest absolute Gasteiger partial charge is 0.348 e. The molecular weight excluding hydrogens is 330 g/mol. The van der Waals surface area contributed by atoms with Crippen molar-refractivity contribution in [1.82, 2.24) is 18.7 Å². The first-order valence-corrected chi connectivity index (χ1v) is 7.77. The minimum Gasteiger partial charge on any atom is -0.348 e. The Morgan fingerprint density at radius 3 is 2.29 bits per heavy atom. The lowest BCUT2D eigenvalue weighted by Gasteiger charge is -2.14. The van der Waals surface area contributed by atoms with Gasteiger partial charge in [0.25, 0.3) is 5.56 Å². The highest BCUT2D eigenvalue weighted by Gasteiger charge is 2.20. The highest BCUT2D eigenvalue weighted by Crippen LogP contribution is 2.20. The lowest BCUT2D eigenvalue weighted by Crippen LogP contribution is -2.37. The minimum atomic E-state index is -0.394. The van der Waals surface area contributed by atoms with Crippen molar-refractivity contribution in [3.63, 3.8) is 0 Å². The molecule has 126 valence electrons. The molecule has 2 heterocycles. The van der Waals surface area contributed by atoms with E-state index in [1.807, 2.05) is 35.7 Å². The molecule has 1 aromatic carbocycles. The second kappa shape index (κ2) is 5.83. The van der Waals surface area contributed by atoms with Gasteiger partial charge in [-0.25, -0.2) is 4.79 Å². The van der Waals surface area contributed by atoms with Gasteiger partial charge in [0, 0.05) is 33.2 Å². The van der Waals surface area contributed by atoms with E-state index < -0.39 is 5.69 Å². The molecule has 0 N–H and O–H groups in total. The maximum Gasteiger partial charge on any atom is 0.332 e. The van der Waals surface area contributed by atoms with Crippen molar-refractivity contribution in [2.45, 2.75) is 6.54 Å². The van der Waals surface area contributed by atoms with E-state index in [0.29, 0.717) is 28.7 Å². The van der Waals surface area contributed by atoms with Gasteiger partial charge in [-0.3, -0.25) is 18.5 Å². The third kappa shape index (κ3) is 2.50. The van der Waals surface area contributed by atoms with Gasteiger partial charge >= 0.3 is 5.69 Å². The van der Waals surface area contributed by atoms with Crippen molar-refractivity contribution in [2.75, 3.05) is 19.0 Å². The fourth-order valence-corrected chi connectivity index (χ4v) is 2.82. The average Bonchev–Trinajstić information content (AvgIpc) is 2.92. The van der Waals surface area contributed by atoms with Gasteiger partial charge in [0.15, 0.2) is 11.2 Å². The summed E-state index contributed by atoms with van der Waals surface area (Å²) in [6.45, 7) is 0.453. The number of anilines is 1. The predicted molar refractivity (Wildman–Crippen MR) is 95.1 cm³/mol. The Balaban J connectivity index is 2.32. The molecule has 0 radical (unpaired) electrons. The van der Waals surface area contributed by atoms with Crippen LogP contribution in [0.4, 0.5) is 5.95 Å². The Labute approximate surface area is 143 Å². The Morgan fingerprint density at radius 1 is 1.08 bits per heavy atom. The van der Waals surface area contributed by atoms with Crippen molar-refractivity contribution in [3.8, 4) is 0 Å². The van der Waals surface area contributed by atoms with Crippen molar-refractivity contribution in [3.05, 3.63) is 55.7 Å². The van der Waals surface area contributed by atoms with Crippen LogP contribution >= 0.6 is 11.6 Å². The standard InChI is InChI=1S/C16H18ClN5O2/c1-19(2)15-18-13-12(14(23)21(4)16(24)20(13)3)22(15)9-10-5-7-11(17)8-6-10/h5-8H,9H2,1-4H3. The molecule has 0 fully saturated rings. The number of benzene rings is 1. The molecule has 0 bridgehead atoms. The van der Waals surface area contributed by atoms with Gasteiger partial charge in [-0.2, -0.15) is 4.98 Å². The van der Waals surface area contributed by atoms with Crippen LogP contribution in [0, 0.1) is 0 Å². The molecule has 24 heavy (non-hydrogen) atoms. The molecule has 0 aliphatic heterocycles. The van der Waals surface area contributed by atoms with Crippen LogP contribution in [0.15, 0.2) is 33.9 Å². The fourth-order valence-electron chi connectivity index (χ4n) is 2.70. The molecule has 3 rings (SSSR count). The maximum absolute atomic E-state index is 12.7. The van der Waals surface area contributed by atoms with Gasteiger partial charge in [-0.15, -0.1) is 0 Å². The number of aromatic nitrogens is 4. The molecule has 0 aliphatic rings. The molecule has 0 unspecified atom stereocenters.